The summed E-state index contributed by atoms with van der Waals surface area (Å²) in [6.45, 7) is 2.55. The van der Waals surface area contributed by atoms with Crippen molar-refractivity contribution in [1.29, 1.82) is 0 Å². The van der Waals surface area contributed by atoms with Gasteiger partial charge in [0.15, 0.2) is 11.5 Å². The monoisotopic (exact) mass is 312 g/mol. The lowest BCUT2D eigenvalue weighted by molar-refractivity contribution is 0.102. The fourth-order valence-corrected chi connectivity index (χ4v) is 1.81. The summed E-state index contributed by atoms with van der Waals surface area (Å²) in [7, 11) is 0. The summed E-state index contributed by atoms with van der Waals surface area (Å²) in [5.41, 5.74) is -0.322. The number of aromatic nitrogens is 2. The molecule has 0 spiro atoms. The first-order chi connectivity index (χ1) is 10.0. The molecule has 110 valence electrons. The van der Waals surface area contributed by atoms with Crippen LogP contribution in [0, 0.1) is 11.6 Å². The van der Waals surface area contributed by atoms with Gasteiger partial charge in [0.1, 0.15) is 11.6 Å². The molecule has 2 N–H and O–H groups in total. The van der Waals surface area contributed by atoms with Crippen molar-refractivity contribution < 1.29 is 13.6 Å². The molecule has 0 aliphatic rings. The van der Waals surface area contributed by atoms with Crippen molar-refractivity contribution in [2.45, 2.75) is 6.92 Å². The number of hydrogen-bond acceptors (Lipinski definition) is 4. The highest BCUT2D eigenvalue weighted by molar-refractivity contribution is 6.33. The predicted octanol–water partition coefficient (Wildman–Crippen LogP) is 3.09. The fraction of sp³-hybridized carbons (Fsp3) is 0.154. The zero-order valence-electron chi connectivity index (χ0n) is 11.0. The first-order valence-corrected chi connectivity index (χ1v) is 6.42. The van der Waals surface area contributed by atoms with Gasteiger partial charge in [-0.05, 0) is 25.1 Å². The first kappa shape index (κ1) is 15.1. The molecule has 0 saturated carbocycles. The van der Waals surface area contributed by atoms with Crippen LogP contribution in [0.5, 0.6) is 0 Å². The molecule has 1 aromatic heterocycles. The van der Waals surface area contributed by atoms with E-state index in [4.69, 9.17) is 11.6 Å². The molecular formula is C13H11ClF2N4O. The molecule has 0 saturated heterocycles. The van der Waals surface area contributed by atoms with Crippen LogP contribution in [0.1, 0.15) is 17.4 Å². The number of nitrogens with one attached hydrogen (secondary N) is 2. The number of halogens is 3. The quantitative estimate of drug-likeness (QED) is 0.910. The minimum absolute atomic E-state index is 0.0172. The Bertz CT molecular complexity index is 641. The van der Waals surface area contributed by atoms with Gasteiger partial charge in [-0.1, -0.05) is 11.6 Å². The van der Waals surface area contributed by atoms with Crippen LogP contribution in [0.3, 0.4) is 0 Å². The Balaban J connectivity index is 2.18. The van der Waals surface area contributed by atoms with Gasteiger partial charge >= 0.3 is 0 Å². The number of anilines is 2. The van der Waals surface area contributed by atoms with E-state index in [2.05, 4.69) is 20.8 Å². The van der Waals surface area contributed by atoms with E-state index in [1.165, 1.54) is 6.07 Å². The summed E-state index contributed by atoms with van der Waals surface area (Å²) in [5.74, 6) is -1.98. The van der Waals surface area contributed by atoms with E-state index in [0.29, 0.717) is 18.4 Å². The average Bonchev–Trinajstić information content (AvgIpc) is 2.43. The lowest BCUT2D eigenvalue weighted by Crippen LogP contribution is -2.16. The van der Waals surface area contributed by atoms with Crippen molar-refractivity contribution in [2.75, 3.05) is 17.2 Å². The van der Waals surface area contributed by atoms with Crippen LogP contribution >= 0.6 is 11.6 Å². The summed E-state index contributed by atoms with van der Waals surface area (Å²) in [5, 5.41) is 12.4. The number of rotatable bonds is 4. The Morgan fingerprint density at radius 2 is 2.05 bits per heavy atom. The standard InChI is InChI=1S/C13H11ClF2N4O/c1-2-17-11-4-3-10(19-20-11)13(21)18-12-8(14)5-7(15)6-9(12)16/h3-6H,2H2,1H3,(H,17,20)(H,18,21). The fourth-order valence-electron chi connectivity index (χ4n) is 1.57. The third-order valence-corrected chi connectivity index (χ3v) is 2.80. The molecule has 0 aliphatic heterocycles. The molecule has 5 nitrogen and oxygen atoms in total. The molecule has 0 atom stereocenters. The van der Waals surface area contributed by atoms with Crippen molar-refractivity contribution in [1.82, 2.24) is 10.2 Å². The summed E-state index contributed by atoms with van der Waals surface area (Å²) in [6.07, 6.45) is 0. The van der Waals surface area contributed by atoms with Crippen LogP contribution in [0.15, 0.2) is 24.3 Å². The van der Waals surface area contributed by atoms with Crippen LogP contribution in [-0.4, -0.2) is 22.6 Å². The molecule has 0 bridgehead atoms. The number of benzene rings is 1. The molecule has 1 amide bonds. The van der Waals surface area contributed by atoms with Crippen molar-refractivity contribution in [3.05, 3.63) is 46.6 Å². The van der Waals surface area contributed by atoms with E-state index in [1.807, 2.05) is 6.92 Å². The largest absolute Gasteiger partial charge is 0.369 e. The second-order valence-corrected chi connectivity index (χ2v) is 4.44. The van der Waals surface area contributed by atoms with Crippen LogP contribution in [-0.2, 0) is 0 Å². The predicted molar refractivity (Wildman–Crippen MR) is 75.5 cm³/mol. The zero-order chi connectivity index (χ0) is 15.4. The second-order valence-electron chi connectivity index (χ2n) is 4.03. The molecule has 0 aliphatic carbocycles. The van der Waals surface area contributed by atoms with E-state index < -0.39 is 17.5 Å². The van der Waals surface area contributed by atoms with Crippen LogP contribution in [0.2, 0.25) is 5.02 Å². The maximum Gasteiger partial charge on any atom is 0.276 e. The lowest BCUT2D eigenvalue weighted by atomic mass is 10.2. The smallest absolute Gasteiger partial charge is 0.276 e. The van der Waals surface area contributed by atoms with E-state index in [0.717, 1.165) is 6.07 Å². The summed E-state index contributed by atoms with van der Waals surface area (Å²) < 4.78 is 26.5. The van der Waals surface area contributed by atoms with E-state index in [1.54, 1.807) is 6.07 Å². The van der Waals surface area contributed by atoms with Gasteiger partial charge in [-0.15, -0.1) is 10.2 Å². The van der Waals surface area contributed by atoms with Crippen molar-refractivity contribution in [2.24, 2.45) is 0 Å². The van der Waals surface area contributed by atoms with Gasteiger partial charge in [-0.3, -0.25) is 4.79 Å². The highest BCUT2D eigenvalue weighted by Gasteiger charge is 2.15. The third kappa shape index (κ3) is 3.63. The van der Waals surface area contributed by atoms with Crippen LogP contribution in [0.4, 0.5) is 20.3 Å². The van der Waals surface area contributed by atoms with Gasteiger partial charge in [0.2, 0.25) is 0 Å². The number of carbonyl (C=O) groups excluding carboxylic acids is 1. The highest BCUT2D eigenvalue weighted by atomic mass is 35.5. The van der Waals surface area contributed by atoms with Crippen LogP contribution in [0.25, 0.3) is 0 Å². The number of amides is 1. The zero-order valence-corrected chi connectivity index (χ0v) is 11.7. The van der Waals surface area contributed by atoms with E-state index >= 15 is 0 Å². The molecular weight excluding hydrogens is 302 g/mol. The SMILES string of the molecule is CCNc1ccc(C(=O)Nc2c(F)cc(F)cc2Cl)nn1. The normalized spacial score (nSPS) is 10.3. The molecule has 21 heavy (non-hydrogen) atoms. The third-order valence-electron chi connectivity index (χ3n) is 2.50. The first-order valence-electron chi connectivity index (χ1n) is 6.04. The molecule has 1 heterocycles. The van der Waals surface area contributed by atoms with Crippen molar-refractivity contribution in [3.8, 4) is 0 Å². The topological polar surface area (TPSA) is 66.9 Å². The van der Waals surface area contributed by atoms with E-state index in [-0.39, 0.29) is 16.4 Å². The molecule has 1 aromatic carbocycles. The van der Waals surface area contributed by atoms with Crippen LogP contribution < -0.4 is 10.6 Å². The Morgan fingerprint density at radius 3 is 2.62 bits per heavy atom. The summed E-state index contributed by atoms with van der Waals surface area (Å²) >= 11 is 5.69. The number of carbonyl (C=O) groups is 1. The van der Waals surface area contributed by atoms with Gasteiger partial charge in [0, 0.05) is 12.6 Å². The summed E-state index contributed by atoms with van der Waals surface area (Å²) in [4.78, 5) is 11.9. The molecule has 8 heteroatoms. The van der Waals surface area contributed by atoms with Gasteiger partial charge in [-0.25, -0.2) is 8.78 Å². The van der Waals surface area contributed by atoms with Gasteiger partial charge in [-0.2, -0.15) is 0 Å². The van der Waals surface area contributed by atoms with Gasteiger partial charge < -0.3 is 10.6 Å². The minimum Gasteiger partial charge on any atom is -0.369 e. The number of hydrogen-bond donors (Lipinski definition) is 2. The Morgan fingerprint density at radius 1 is 1.29 bits per heavy atom. The van der Waals surface area contributed by atoms with E-state index in [9.17, 15) is 13.6 Å². The van der Waals surface area contributed by atoms with Crippen molar-refractivity contribution in [3.63, 3.8) is 0 Å². The molecule has 0 unspecified atom stereocenters. The number of nitrogens with zero attached hydrogens (tertiary/aromatic N) is 2. The van der Waals surface area contributed by atoms with Gasteiger partial charge in [0.05, 0.1) is 10.7 Å². The second kappa shape index (κ2) is 6.45. The average molecular weight is 313 g/mol. The highest BCUT2D eigenvalue weighted by Crippen LogP contribution is 2.26. The Kier molecular flexibility index (Phi) is 4.64. The van der Waals surface area contributed by atoms with Crippen molar-refractivity contribution >= 4 is 29.0 Å². The Hall–Kier alpha value is -2.28. The Labute approximate surface area is 124 Å². The van der Waals surface area contributed by atoms with Gasteiger partial charge in [0.25, 0.3) is 5.91 Å². The molecule has 0 fully saturated rings. The summed E-state index contributed by atoms with van der Waals surface area (Å²) in [6, 6.07) is 4.52. The molecule has 2 rings (SSSR count). The molecule has 2 aromatic rings. The maximum absolute atomic E-state index is 13.6. The maximum atomic E-state index is 13.6. The minimum atomic E-state index is -0.967. The molecule has 0 radical (unpaired) electrons. The lowest BCUT2D eigenvalue weighted by Gasteiger charge is -2.08.